The fraction of sp³-hybridized carbons (Fsp3) is 0.867. The van der Waals surface area contributed by atoms with Crippen molar-refractivity contribution in [2.24, 2.45) is 15.7 Å². The van der Waals surface area contributed by atoms with Crippen LogP contribution in [-0.4, -0.2) is 67.1 Å². The fourth-order valence-corrected chi connectivity index (χ4v) is 3.18. The molecule has 3 aliphatic rings. The maximum absolute atomic E-state index is 6.12. The summed E-state index contributed by atoms with van der Waals surface area (Å²) < 4.78 is 5.90. The van der Waals surface area contributed by atoms with Gasteiger partial charge in [0.25, 0.3) is 0 Å². The Kier molecular flexibility index (Phi) is 5.47. The van der Waals surface area contributed by atoms with Crippen LogP contribution in [0.25, 0.3) is 0 Å². The maximum Gasteiger partial charge on any atom is 0.155 e. The lowest BCUT2D eigenvalue weighted by atomic mass is 10.1. The predicted octanol–water partition coefficient (Wildman–Crippen LogP) is 0.888. The molecule has 8 heteroatoms. The first-order valence-electron chi connectivity index (χ1n) is 8.48. The highest BCUT2D eigenvalue weighted by atomic mass is 16.7. The van der Waals surface area contributed by atoms with Crippen molar-refractivity contribution in [1.29, 1.82) is 0 Å². The number of ether oxygens (including phenoxy) is 1. The molecule has 3 atom stereocenters. The molecule has 130 valence electrons. The summed E-state index contributed by atoms with van der Waals surface area (Å²) in [6.07, 6.45) is 5.12. The number of hydrogen-bond acceptors (Lipinski definition) is 8. The molecule has 2 N–H and O–H groups in total. The molecule has 3 rings (SSSR count). The summed E-state index contributed by atoms with van der Waals surface area (Å²) in [6.45, 7) is 3.93. The molecule has 0 aromatic carbocycles. The van der Waals surface area contributed by atoms with Gasteiger partial charge >= 0.3 is 0 Å². The van der Waals surface area contributed by atoms with E-state index in [1.807, 2.05) is 0 Å². The number of nitrogens with two attached hydrogens (primary N) is 1. The summed E-state index contributed by atoms with van der Waals surface area (Å²) in [5.41, 5.74) is 6.12. The number of rotatable bonds is 6. The minimum Gasteiger partial charge on any atom is -0.386 e. The maximum atomic E-state index is 6.12. The van der Waals surface area contributed by atoms with Gasteiger partial charge < -0.3 is 10.5 Å². The van der Waals surface area contributed by atoms with Crippen LogP contribution in [0.2, 0.25) is 0 Å². The van der Waals surface area contributed by atoms with Gasteiger partial charge in [0.1, 0.15) is 12.5 Å². The van der Waals surface area contributed by atoms with Crippen LogP contribution in [0.5, 0.6) is 0 Å². The Bertz CT molecular complexity index is 464. The molecule has 1 saturated heterocycles. The lowest BCUT2D eigenvalue weighted by molar-refractivity contribution is -0.190. The van der Waals surface area contributed by atoms with Gasteiger partial charge in [0.2, 0.25) is 0 Å². The zero-order chi connectivity index (χ0) is 16.2. The van der Waals surface area contributed by atoms with E-state index in [-0.39, 0.29) is 18.3 Å². The largest absolute Gasteiger partial charge is 0.386 e. The molecular weight excluding hydrogens is 298 g/mol. The molecule has 0 bridgehead atoms. The molecular formula is C15H27N5O3. The van der Waals surface area contributed by atoms with Crippen molar-refractivity contribution >= 4 is 11.7 Å². The van der Waals surface area contributed by atoms with Crippen molar-refractivity contribution in [3.63, 3.8) is 0 Å². The van der Waals surface area contributed by atoms with Gasteiger partial charge in [-0.05, 0) is 25.7 Å². The van der Waals surface area contributed by atoms with Crippen LogP contribution in [-0.2, 0) is 14.4 Å². The molecule has 8 nitrogen and oxygen atoms in total. The summed E-state index contributed by atoms with van der Waals surface area (Å²) in [4.78, 5) is 20.6. The molecule has 3 unspecified atom stereocenters. The van der Waals surface area contributed by atoms with Gasteiger partial charge in [-0.15, -0.1) is 5.06 Å². The topological polar surface area (TPSA) is 84.9 Å². The number of hydroxylamine groups is 4. The van der Waals surface area contributed by atoms with Gasteiger partial charge in [-0.1, -0.05) is 13.3 Å². The molecule has 0 aliphatic carbocycles. The molecule has 1 fully saturated rings. The van der Waals surface area contributed by atoms with Crippen molar-refractivity contribution in [3.8, 4) is 0 Å². The Morgan fingerprint density at radius 1 is 1.39 bits per heavy atom. The summed E-state index contributed by atoms with van der Waals surface area (Å²) in [7, 11) is 1.64. The van der Waals surface area contributed by atoms with E-state index in [2.05, 4.69) is 11.9 Å². The Hall–Kier alpha value is -1.22. The van der Waals surface area contributed by atoms with E-state index < -0.39 is 0 Å². The second-order valence-electron chi connectivity index (χ2n) is 6.04. The second kappa shape index (κ2) is 7.57. The van der Waals surface area contributed by atoms with Crippen LogP contribution >= 0.6 is 0 Å². The van der Waals surface area contributed by atoms with E-state index in [1.165, 1.54) is 0 Å². The second-order valence-corrected chi connectivity index (χ2v) is 6.04. The van der Waals surface area contributed by atoms with Gasteiger partial charge in [0.05, 0.1) is 19.8 Å². The monoisotopic (exact) mass is 325 g/mol. The Morgan fingerprint density at radius 2 is 2.26 bits per heavy atom. The molecule has 23 heavy (non-hydrogen) atoms. The zero-order valence-electron chi connectivity index (χ0n) is 14.0. The van der Waals surface area contributed by atoms with E-state index in [9.17, 15) is 0 Å². The first-order chi connectivity index (χ1) is 11.3. The number of fused-ring (bicyclic) bond motifs is 1. The van der Waals surface area contributed by atoms with Crippen LogP contribution in [0.15, 0.2) is 9.98 Å². The smallest absolute Gasteiger partial charge is 0.155 e. The van der Waals surface area contributed by atoms with Gasteiger partial charge in [-0.2, -0.15) is 0 Å². The standard InChI is InChI=1S/C15H27N5O3/c1-3-4-9-23-19-10-17-13(16)12-15(19)18-14(20(12)21-2)11-7-5-6-8-22-11/h11-12,14H,3-10H2,1-2H3,(H2,16,17). The van der Waals surface area contributed by atoms with E-state index in [4.69, 9.17) is 25.1 Å². The summed E-state index contributed by atoms with van der Waals surface area (Å²) >= 11 is 0. The van der Waals surface area contributed by atoms with Crippen molar-refractivity contribution in [3.05, 3.63) is 0 Å². The zero-order valence-corrected chi connectivity index (χ0v) is 14.0. The normalized spacial score (nSPS) is 31.7. The van der Waals surface area contributed by atoms with Crippen molar-refractivity contribution in [2.75, 3.05) is 27.0 Å². The third-order valence-electron chi connectivity index (χ3n) is 4.45. The van der Waals surface area contributed by atoms with Crippen LogP contribution < -0.4 is 5.73 Å². The van der Waals surface area contributed by atoms with Gasteiger partial charge in [0, 0.05) is 6.61 Å². The highest BCUT2D eigenvalue weighted by Gasteiger charge is 2.47. The average molecular weight is 325 g/mol. The quantitative estimate of drug-likeness (QED) is 0.730. The highest BCUT2D eigenvalue weighted by Crippen LogP contribution is 2.29. The van der Waals surface area contributed by atoms with Gasteiger partial charge in [0.15, 0.2) is 18.0 Å². The third-order valence-corrected chi connectivity index (χ3v) is 4.45. The number of aliphatic imine (C=N–C) groups is 2. The molecule has 3 heterocycles. The van der Waals surface area contributed by atoms with Crippen molar-refractivity contribution in [2.45, 2.75) is 57.3 Å². The average Bonchev–Trinajstić information content (AvgIpc) is 2.98. The summed E-state index contributed by atoms with van der Waals surface area (Å²) in [5, 5.41) is 3.53. The van der Waals surface area contributed by atoms with Gasteiger partial charge in [-0.3, -0.25) is 9.68 Å². The number of hydrogen-bond donors (Lipinski definition) is 1. The lowest BCUT2D eigenvalue weighted by Gasteiger charge is -2.35. The molecule has 0 aromatic rings. The van der Waals surface area contributed by atoms with E-state index in [0.717, 1.165) is 44.5 Å². The fourth-order valence-electron chi connectivity index (χ4n) is 3.18. The number of unbranched alkanes of at least 4 members (excludes halogenated alkanes) is 1. The van der Waals surface area contributed by atoms with Crippen LogP contribution in [0.4, 0.5) is 0 Å². The molecule has 3 aliphatic heterocycles. The van der Waals surface area contributed by atoms with E-state index in [1.54, 1.807) is 17.2 Å². The predicted molar refractivity (Wildman–Crippen MR) is 86.6 cm³/mol. The summed E-state index contributed by atoms with van der Waals surface area (Å²) in [6, 6.07) is -0.300. The van der Waals surface area contributed by atoms with E-state index in [0.29, 0.717) is 19.1 Å². The Labute approximate surface area is 137 Å². The van der Waals surface area contributed by atoms with Crippen molar-refractivity contribution < 1.29 is 14.4 Å². The Balaban J connectivity index is 1.78. The summed E-state index contributed by atoms with van der Waals surface area (Å²) in [5.74, 6) is 1.29. The lowest BCUT2D eigenvalue weighted by Crippen LogP contribution is -2.56. The molecule has 0 saturated carbocycles. The van der Waals surface area contributed by atoms with E-state index >= 15 is 0 Å². The molecule has 0 spiro atoms. The minimum absolute atomic E-state index is 0.0205. The highest BCUT2D eigenvalue weighted by molar-refractivity contribution is 6.10. The molecule has 0 amide bonds. The Morgan fingerprint density at radius 3 is 2.96 bits per heavy atom. The third kappa shape index (κ3) is 3.35. The SMILES string of the molecule is CCCCON1CN=C(N)C2C1=NC(C1CCCCO1)N2OC. The first kappa shape index (κ1) is 16.6. The number of amidine groups is 2. The van der Waals surface area contributed by atoms with Crippen LogP contribution in [0.3, 0.4) is 0 Å². The molecule has 0 radical (unpaired) electrons. The van der Waals surface area contributed by atoms with Gasteiger partial charge in [-0.25, -0.2) is 15.0 Å². The van der Waals surface area contributed by atoms with Crippen molar-refractivity contribution in [1.82, 2.24) is 10.1 Å². The van der Waals surface area contributed by atoms with Crippen LogP contribution in [0.1, 0.15) is 39.0 Å². The first-order valence-corrected chi connectivity index (χ1v) is 8.48. The molecule has 0 aromatic heterocycles. The number of nitrogens with zero attached hydrogens (tertiary/aromatic N) is 4. The minimum atomic E-state index is -0.300. The van der Waals surface area contributed by atoms with Crippen LogP contribution in [0, 0.1) is 0 Å².